The quantitative estimate of drug-likeness (QED) is 0.281. The second-order valence-corrected chi connectivity index (χ2v) is 8.29. The third kappa shape index (κ3) is 5.11. The molecule has 0 unspecified atom stereocenters. The Labute approximate surface area is 200 Å². The van der Waals surface area contributed by atoms with Gasteiger partial charge in [0.15, 0.2) is 0 Å². The molecule has 0 spiro atoms. The molecule has 0 fully saturated rings. The van der Waals surface area contributed by atoms with E-state index in [1.807, 2.05) is 48.5 Å². The summed E-state index contributed by atoms with van der Waals surface area (Å²) in [5, 5.41) is 13.9. The Balaban J connectivity index is 1.76. The number of aromatic carboxylic acids is 1. The van der Waals surface area contributed by atoms with Gasteiger partial charge in [0.2, 0.25) is 0 Å². The molecule has 7 heteroatoms. The summed E-state index contributed by atoms with van der Waals surface area (Å²) in [4.78, 5) is 28.1. The molecule has 3 N–H and O–H groups in total. The topological polar surface area (TPSA) is 82.2 Å². The fraction of sp³-hybridized carbons (Fsp3) is 0.0769. The standard InChI is InChI=1S/C26H20Cl2N2O3/c27-18-13-21(28)23-20(24(26(32)33)30-22(23)14-18)15-19(17-9-5-2-6-10-17)25(31)29-12-11-16-7-3-1-4-8-16/h1-10,13-15,30H,11-12H2,(H,29,31)(H,32,33)/b19-15+. The first-order valence-electron chi connectivity index (χ1n) is 10.3. The van der Waals surface area contributed by atoms with Gasteiger partial charge < -0.3 is 15.4 Å². The number of amides is 1. The van der Waals surface area contributed by atoms with Crippen LogP contribution in [0.2, 0.25) is 10.0 Å². The van der Waals surface area contributed by atoms with Crippen LogP contribution < -0.4 is 5.32 Å². The van der Waals surface area contributed by atoms with Crippen LogP contribution in [0.4, 0.5) is 0 Å². The van der Waals surface area contributed by atoms with Gasteiger partial charge in [0, 0.05) is 33.6 Å². The zero-order valence-electron chi connectivity index (χ0n) is 17.4. The van der Waals surface area contributed by atoms with Crippen LogP contribution in [0.25, 0.3) is 22.6 Å². The van der Waals surface area contributed by atoms with E-state index >= 15 is 0 Å². The number of rotatable bonds is 7. The molecular weight excluding hydrogens is 459 g/mol. The van der Waals surface area contributed by atoms with Crippen molar-refractivity contribution in [3.63, 3.8) is 0 Å². The first-order valence-corrected chi connectivity index (χ1v) is 11.0. The van der Waals surface area contributed by atoms with Gasteiger partial charge in [-0.05, 0) is 35.8 Å². The molecule has 0 saturated carbocycles. The lowest BCUT2D eigenvalue weighted by Gasteiger charge is -2.10. The van der Waals surface area contributed by atoms with Crippen LogP contribution in [0.15, 0.2) is 72.8 Å². The molecule has 0 saturated heterocycles. The van der Waals surface area contributed by atoms with E-state index < -0.39 is 5.97 Å². The summed E-state index contributed by atoms with van der Waals surface area (Å²) in [5.74, 6) is -1.48. The number of aromatic nitrogens is 1. The molecule has 0 bridgehead atoms. The second kappa shape index (κ2) is 9.94. The number of H-pyrrole nitrogens is 1. The van der Waals surface area contributed by atoms with Crippen molar-refractivity contribution < 1.29 is 14.7 Å². The maximum absolute atomic E-state index is 13.2. The maximum Gasteiger partial charge on any atom is 0.352 e. The van der Waals surface area contributed by atoms with Crippen molar-refractivity contribution >= 4 is 57.6 Å². The van der Waals surface area contributed by atoms with Crippen molar-refractivity contribution in [1.82, 2.24) is 10.3 Å². The molecule has 3 aromatic carbocycles. The van der Waals surface area contributed by atoms with E-state index in [2.05, 4.69) is 10.3 Å². The van der Waals surface area contributed by atoms with Gasteiger partial charge >= 0.3 is 5.97 Å². The number of nitrogens with one attached hydrogen (secondary N) is 2. The molecule has 5 nitrogen and oxygen atoms in total. The molecule has 33 heavy (non-hydrogen) atoms. The van der Waals surface area contributed by atoms with Crippen molar-refractivity contribution in [2.24, 2.45) is 0 Å². The molecule has 0 radical (unpaired) electrons. The average molecular weight is 479 g/mol. The summed E-state index contributed by atoms with van der Waals surface area (Å²) in [6.45, 7) is 0.434. The monoisotopic (exact) mass is 478 g/mol. The van der Waals surface area contributed by atoms with Gasteiger partial charge in [0.25, 0.3) is 5.91 Å². The minimum Gasteiger partial charge on any atom is -0.477 e. The molecule has 0 aliphatic rings. The molecule has 1 aromatic heterocycles. The van der Waals surface area contributed by atoms with Crippen LogP contribution in [0.1, 0.15) is 27.2 Å². The highest BCUT2D eigenvalue weighted by Crippen LogP contribution is 2.35. The van der Waals surface area contributed by atoms with Crippen LogP contribution in [-0.4, -0.2) is 28.5 Å². The highest BCUT2D eigenvalue weighted by Gasteiger charge is 2.21. The minimum absolute atomic E-state index is 0.0697. The lowest BCUT2D eigenvalue weighted by atomic mass is 10.00. The Morgan fingerprint density at radius 3 is 2.30 bits per heavy atom. The molecule has 166 valence electrons. The van der Waals surface area contributed by atoms with E-state index in [0.29, 0.717) is 50.6 Å². The van der Waals surface area contributed by atoms with E-state index in [4.69, 9.17) is 23.2 Å². The predicted octanol–water partition coefficient (Wildman–Crippen LogP) is 6.07. The Kier molecular flexibility index (Phi) is 6.82. The fourth-order valence-electron chi connectivity index (χ4n) is 3.69. The van der Waals surface area contributed by atoms with Crippen LogP contribution >= 0.6 is 23.2 Å². The van der Waals surface area contributed by atoms with Gasteiger partial charge in [-0.3, -0.25) is 4.79 Å². The second-order valence-electron chi connectivity index (χ2n) is 7.44. The SMILES string of the molecule is O=C(NCCc1ccccc1)/C(=C/c1c(C(=O)O)[nH]c2cc(Cl)cc(Cl)c12)c1ccccc1. The summed E-state index contributed by atoms with van der Waals surface area (Å²) in [5.41, 5.74) is 2.82. The smallest absolute Gasteiger partial charge is 0.352 e. The summed E-state index contributed by atoms with van der Waals surface area (Å²) >= 11 is 12.5. The zero-order valence-corrected chi connectivity index (χ0v) is 19.0. The summed E-state index contributed by atoms with van der Waals surface area (Å²) in [6, 6.07) is 22.1. The number of carboxylic acids is 1. The van der Waals surface area contributed by atoms with Crippen molar-refractivity contribution in [2.45, 2.75) is 6.42 Å². The third-order valence-corrected chi connectivity index (χ3v) is 5.74. The number of hydrogen-bond donors (Lipinski definition) is 3. The molecule has 0 atom stereocenters. The molecular formula is C26H20Cl2N2O3. The van der Waals surface area contributed by atoms with Crippen molar-refractivity contribution in [1.29, 1.82) is 0 Å². The van der Waals surface area contributed by atoms with Gasteiger partial charge in [-0.25, -0.2) is 4.79 Å². The van der Waals surface area contributed by atoms with E-state index in [9.17, 15) is 14.7 Å². The number of carbonyl (C=O) groups is 2. The summed E-state index contributed by atoms with van der Waals surface area (Å²) < 4.78 is 0. The van der Waals surface area contributed by atoms with E-state index in [1.165, 1.54) is 0 Å². The maximum atomic E-state index is 13.2. The molecule has 0 aliphatic heterocycles. The minimum atomic E-state index is -1.17. The Morgan fingerprint density at radius 2 is 1.64 bits per heavy atom. The fourth-order valence-corrected chi connectivity index (χ4v) is 4.28. The van der Waals surface area contributed by atoms with E-state index in [1.54, 1.807) is 30.3 Å². The zero-order chi connectivity index (χ0) is 23.4. The number of fused-ring (bicyclic) bond motifs is 1. The number of carboxylic acid groups (broad SMARTS) is 1. The van der Waals surface area contributed by atoms with E-state index in [0.717, 1.165) is 5.56 Å². The molecule has 0 aliphatic carbocycles. The molecule has 4 rings (SSSR count). The highest BCUT2D eigenvalue weighted by molar-refractivity contribution is 6.39. The Hall–Kier alpha value is -3.54. The lowest BCUT2D eigenvalue weighted by Crippen LogP contribution is -2.26. The molecule has 1 heterocycles. The predicted molar refractivity (Wildman–Crippen MR) is 133 cm³/mol. The lowest BCUT2D eigenvalue weighted by molar-refractivity contribution is -0.115. The highest BCUT2D eigenvalue weighted by atomic mass is 35.5. The van der Waals surface area contributed by atoms with Crippen molar-refractivity contribution in [3.8, 4) is 0 Å². The third-order valence-electron chi connectivity index (χ3n) is 5.23. The van der Waals surface area contributed by atoms with Crippen LogP contribution in [0.5, 0.6) is 0 Å². The molecule has 4 aromatic rings. The number of benzene rings is 3. The first kappa shape index (κ1) is 22.6. The normalized spacial score (nSPS) is 11.5. The Morgan fingerprint density at radius 1 is 0.970 bits per heavy atom. The van der Waals surface area contributed by atoms with Gasteiger partial charge in [-0.15, -0.1) is 0 Å². The number of halogens is 2. The summed E-state index contributed by atoms with van der Waals surface area (Å²) in [6.07, 6.45) is 2.24. The van der Waals surface area contributed by atoms with Crippen LogP contribution in [-0.2, 0) is 11.2 Å². The largest absolute Gasteiger partial charge is 0.477 e. The van der Waals surface area contributed by atoms with Crippen LogP contribution in [0, 0.1) is 0 Å². The van der Waals surface area contributed by atoms with Crippen molar-refractivity contribution in [3.05, 3.63) is 105 Å². The Bertz CT molecular complexity index is 1350. The van der Waals surface area contributed by atoms with Crippen LogP contribution in [0.3, 0.4) is 0 Å². The van der Waals surface area contributed by atoms with Gasteiger partial charge in [0.05, 0.1) is 5.02 Å². The van der Waals surface area contributed by atoms with Gasteiger partial charge in [-0.1, -0.05) is 83.9 Å². The van der Waals surface area contributed by atoms with E-state index in [-0.39, 0.29) is 11.6 Å². The first-order chi connectivity index (χ1) is 15.9. The van der Waals surface area contributed by atoms with Gasteiger partial charge in [-0.2, -0.15) is 0 Å². The number of aromatic amines is 1. The molecule has 1 amide bonds. The van der Waals surface area contributed by atoms with Gasteiger partial charge in [0.1, 0.15) is 5.69 Å². The average Bonchev–Trinajstić information content (AvgIpc) is 3.17. The number of carbonyl (C=O) groups excluding carboxylic acids is 1. The summed E-state index contributed by atoms with van der Waals surface area (Å²) in [7, 11) is 0. The number of hydrogen-bond acceptors (Lipinski definition) is 2. The van der Waals surface area contributed by atoms with Crippen molar-refractivity contribution in [2.75, 3.05) is 6.54 Å².